The van der Waals surface area contributed by atoms with Crippen LogP contribution >= 0.6 is 0 Å². The second-order valence-corrected chi connectivity index (χ2v) is 6.65. The van der Waals surface area contributed by atoms with Crippen molar-refractivity contribution in [1.82, 2.24) is 4.90 Å². The number of nitrogens with zero attached hydrogens (tertiary/aromatic N) is 1. The van der Waals surface area contributed by atoms with Gasteiger partial charge in [0.25, 0.3) is 0 Å². The first-order valence-corrected chi connectivity index (χ1v) is 8.08. The lowest BCUT2D eigenvalue weighted by atomic mass is 9.71. The molecule has 1 fully saturated rings. The van der Waals surface area contributed by atoms with Gasteiger partial charge in [0, 0.05) is 13.7 Å². The minimum atomic E-state index is -0.0595. The first kappa shape index (κ1) is 13.5. The summed E-state index contributed by atoms with van der Waals surface area (Å²) in [5, 5.41) is 0. The summed E-state index contributed by atoms with van der Waals surface area (Å²) in [5.41, 5.74) is 4.22. The van der Waals surface area contributed by atoms with E-state index < -0.39 is 0 Å². The smallest absolute Gasteiger partial charge is 0.310 e. The minimum Gasteiger partial charge on any atom is -0.461 e. The number of ether oxygens (including phenoxy) is 2. The average Bonchev–Trinajstić information content (AvgIpc) is 2.80. The Bertz CT molecular complexity index is 536. The fourth-order valence-corrected chi connectivity index (χ4v) is 4.78. The number of cyclic esters (lactones) is 1. The van der Waals surface area contributed by atoms with Crippen LogP contribution in [-0.4, -0.2) is 49.3 Å². The zero-order valence-electron chi connectivity index (χ0n) is 12.7. The van der Waals surface area contributed by atoms with Gasteiger partial charge in [-0.25, -0.2) is 0 Å². The monoisotopic (exact) mass is 289 g/mol. The lowest BCUT2D eigenvalue weighted by Crippen LogP contribution is -2.51. The molecule has 1 saturated heterocycles. The molecule has 3 heterocycles. The van der Waals surface area contributed by atoms with Gasteiger partial charge in [-0.15, -0.1) is 0 Å². The van der Waals surface area contributed by atoms with Crippen LogP contribution < -0.4 is 0 Å². The molecular weight excluding hydrogens is 266 g/mol. The Hall–Kier alpha value is -1.13. The van der Waals surface area contributed by atoms with Crippen molar-refractivity contribution in [3.8, 4) is 0 Å². The molecular formula is C17H23NO3. The summed E-state index contributed by atoms with van der Waals surface area (Å²) in [7, 11) is 1.81. The van der Waals surface area contributed by atoms with Crippen LogP contribution in [-0.2, 0) is 14.3 Å². The van der Waals surface area contributed by atoms with E-state index in [1.54, 1.807) is 7.11 Å². The van der Waals surface area contributed by atoms with Crippen molar-refractivity contribution in [2.24, 2.45) is 0 Å². The predicted octanol–water partition coefficient (Wildman–Crippen LogP) is 2.20. The molecule has 114 valence electrons. The first-order chi connectivity index (χ1) is 10.2. The summed E-state index contributed by atoms with van der Waals surface area (Å²) in [5.74, 6) is -0.0595. The van der Waals surface area contributed by atoms with Crippen LogP contribution in [0.15, 0.2) is 22.8 Å². The summed E-state index contributed by atoms with van der Waals surface area (Å²) in [6.45, 7) is 2.75. The number of hydrogen-bond donors (Lipinski definition) is 0. The third-order valence-electron chi connectivity index (χ3n) is 5.77. The van der Waals surface area contributed by atoms with Crippen LogP contribution in [0.4, 0.5) is 0 Å². The summed E-state index contributed by atoms with van der Waals surface area (Å²) < 4.78 is 11.0. The lowest BCUT2D eigenvalue weighted by molar-refractivity contribution is -0.143. The SMILES string of the molecule is COC1CC=C2CCN3CCCC4=C(CC(=O)OC4)C23C1. The van der Waals surface area contributed by atoms with Crippen LogP contribution in [0.2, 0.25) is 0 Å². The molecule has 0 N–H and O–H groups in total. The van der Waals surface area contributed by atoms with Crippen LogP contribution in [0.5, 0.6) is 0 Å². The molecule has 3 aliphatic heterocycles. The summed E-state index contributed by atoms with van der Waals surface area (Å²) >= 11 is 0. The zero-order valence-corrected chi connectivity index (χ0v) is 12.7. The van der Waals surface area contributed by atoms with Crippen molar-refractivity contribution in [2.75, 3.05) is 26.8 Å². The number of methoxy groups -OCH3 is 1. The maximum Gasteiger partial charge on any atom is 0.310 e. The molecule has 0 amide bonds. The maximum absolute atomic E-state index is 11.9. The molecule has 4 rings (SSSR count). The van der Waals surface area contributed by atoms with Crippen LogP contribution in [0, 0.1) is 0 Å². The molecule has 0 radical (unpaired) electrons. The molecule has 2 atom stereocenters. The fraction of sp³-hybridized carbons (Fsp3) is 0.706. The normalized spacial score (nSPS) is 36.3. The summed E-state index contributed by atoms with van der Waals surface area (Å²) in [6.07, 6.45) is 8.51. The standard InChI is InChI=1S/C17H23NO3/c1-20-14-5-4-13-6-8-18-7-2-3-12-11-21-16(19)9-15(12)17(13,18)10-14/h4,14H,2-3,5-11H2,1H3. The van der Waals surface area contributed by atoms with Crippen molar-refractivity contribution in [1.29, 1.82) is 0 Å². The van der Waals surface area contributed by atoms with E-state index in [2.05, 4.69) is 11.0 Å². The van der Waals surface area contributed by atoms with E-state index in [1.165, 1.54) is 23.1 Å². The van der Waals surface area contributed by atoms with Gasteiger partial charge in [0.2, 0.25) is 0 Å². The van der Waals surface area contributed by atoms with Crippen molar-refractivity contribution in [3.63, 3.8) is 0 Å². The Morgan fingerprint density at radius 3 is 3.14 bits per heavy atom. The van der Waals surface area contributed by atoms with Gasteiger partial charge in [-0.3, -0.25) is 9.69 Å². The van der Waals surface area contributed by atoms with E-state index >= 15 is 0 Å². The number of hydrogen-bond acceptors (Lipinski definition) is 4. The van der Waals surface area contributed by atoms with Crippen molar-refractivity contribution >= 4 is 5.97 Å². The largest absolute Gasteiger partial charge is 0.461 e. The van der Waals surface area contributed by atoms with Gasteiger partial charge in [-0.2, -0.15) is 0 Å². The minimum absolute atomic E-state index is 0.0375. The molecule has 1 aliphatic carbocycles. The molecule has 4 heteroatoms. The van der Waals surface area contributed by atoms with Crippen LogP contribution in [0.3, 0.4) is 0 Å². The highest BCUT2D eigenvalue weighted by Gasteiger charge is 2.52. The van der Waals surface area contributed by atoms with E-state index in [0.717, 1.165) is 38.8 Å². The number of carbonyl (C=O) groups excluding carboxylic acids is 1. The lowest BCUT2D eigenvalue weighted by Gasteiger charge is -2.46. The quantitative estimate of drug-likeness (QED) is 0.548. The van der Waals surface area contributed by atoms with Crippen molar-refractivity contribution < 1.29 is 14.3 Å². The maximum atomic E-state index is 11.9. The molecule has 0 bridgehead atoms. The molecule has 0 aromatic rings. The Morgan fingerprint density at radius 1 is 1.38 bits per heavy atom. The van der Waals surface area contributed by atoms with Gasteiger partial charge in [-0.05, 0) is 55.4 Å². The van der Waals surface area contributed by atoms with E-state index in [4.69, 9.17) is 9.47 Å². The summed E-state index contributed by atoms with van der Waals surface area (Å²) in [4.78, 5) is 14.5. The fourth-order valence-electron chi connectivity index (χ4n) is 4.78. The van der Waals surface area contributed by atoms with E-state index in [0.29, 0.717) is 13.0 Å². The second-order valence-electron chi connectivity index (χ2n) is 6.65. The number of rotatable bonds is 1. The van der Waals surface area contributed by atoms with Gasteiger partial charge < -0.3 is 9.47 Å². The molecule has 4 aliphatic rings. The van der Waals surface area contributed by atoms with Gasteiger partial charge >= 0.3 is 5.97 Å². The number of esters is 1. The zero-order chi connectivity index (χ0) is 14.4. The van der Waals surface area contributed by atoms with Gasteiger partial charge in [0.05, 0.1) is 18.1 Å². The summed E-state index contributed by atoms with van der Waals surface area (Å²) in [6, 6.07) is 0. The topological polar surface area (TPSA) is 38.8 Å². The van der Waals surface area contributed by atoms with Crippen molar-refractivity contribution in [3.05, 3.63) is 22.8 Å². The Morgan fingerprint density at radius 2 is 2.29 bits per heavy atom. The Labute approximate surface area is 125 Å². The van der Waals surface area contributed by atoms with Crippen molar-refractivity contribution in [2.45, 2.75) is 50.2 Å². The highest BCUT2D eigenvalue weighted by Crippen LogP contribution is 2.51. The molecule has 0 saturated carbocycles. The van der Waals surface area contributed by atoms with Gasteiger partial charge in [0.1, 0.15) is 6.61 Å². The Balaban J connectivity index is 1.85. The van der Waals surface area contributed by atoms with E-state index in [1.807, 2.05) is 0 Å². The molecule has 4 nitrogen and oxygen atoms in total. The van der Waals surface area contributed by atoms with E-state index in [9.17, 15) is 4.79 Å². The molecule has 2 unspecified atom stereocenters. The highest BCUT2D eigenvalue weighted by molar-refractivity contribution is 5.76. The van der Waals surface area contributed by atoms with Gasteiger partial charge in [-0.1, -0.05) is 6.08 Å². The third-order valence-corrected chi connectivity index (χ3v) is 5.77. The van der Waals surface area contributed by atoms with Gasteiger partial charge in [0.15, 0.2) is 0 Å². The molecule has 1 spiro atoms. The molecule has 0 aromatic carbocycles. The first-order valence-electron chi connectivity index (χ1n) is 8.08. The van der Waals surface area contributed by atoms with E-state index in [-0.39, 0.29) is 17.6 Å². The van der Waals surface area contributed by atoms with Crippen LogP contribution in [0.25, 0.3) is 0 Å². The number of carbonyl (C=O) groups is 1. The molecule has 21 heavy (non-hydrogen) atoms. The highest BCUT2D eigenvalue weighted by atomic mass is 16.5. The average molecular weight is 289 g/mol. The predicted molar refractivity (Wildman–Crippen MR) is 78.9 cm³/mol. The second kappa shape index (κ2) is 4.96. The Kier molecular flexibility index (Phi) is 3.19. The van der Waals surface area contributed by atoms with Crippen LogP contribution in [0.1, 0.15) is 38.5 Å². The third kappa shape index (κ3) is 1.92. The molecule has 0 aromatic heterocycles.